The van der Waals surface area contributed by atoms with E-state index in [9.17, 15) is 14.0 Å². The zero-order chi connectivity index (χ0) is 22.5. The lowest BCUT2D eigenvalue weighted by atomic mass is 9.97. The maximum Gasteiger partial charge on any atom is 0.267 e. The molecule has 0 N–H and O–H groups in total. The molecule has 0 fully saturated rings. The number of thiazole rings is 1. The second kappa shape index (κ2) is 8.19. The Balaban J connectivity index is 1.51. The van der Waals surface area contributed by atoms with Gasteiger partial charge in [-0.25, -0.2) is 14.4 Å². The zero-order valence-corrected chi connectivity index (χ0v) is 19.7. The fourth-order valence-corrected chi connectivity index (χ4v) is 7.17. The number of nitrogens with zero attached hydrogens (tertiary/aromatic N) is 4. The molecule has 0 spiro atoms. The molecular weight excluding hydrogens is 479 g/mol. The van der Waals surface area contributed by atoms with E-state index < -0.39 is 5.82 Å². The highest BCUT2D eigenvalue weighted by atomic mass is 32.2. The fourth-order valence-electron chi connectivity index (χ4n) is 4.23. The molecule has 0 amide bonds. The van der Waals surface area contributed by atoms with Gasteiger partial charge < -0.3 is 0 Å². The van der Waals surface area contributed by atoms with E-state index in [-0.39, 0.29) is 16.8 Å². The monoisotopic (exact) mass is 496 g/mol. The average Bonchev–Trinajstić information content (AvgIpc) is 3.43. The van der Waals surface area contributed by atoms with Crippen LogP contribution in [0.25, 0.3) is 20.9 Å². The zero-order valence-electron chi connectivity index (χ0n) is 17.3. The molecule has 4 aromatic heterocycles. The quantitative estimate of drug-likeness (QED) is 0.263. The Morgan fingerprint density at radius 2 is 1.97 bits per heavy atom. The molecule has 10 heteroatoms. The molecule has 1 aromatic carbocycles. The van der Waals surface area contributed by atoms with E-state index in [0.29, 0.717) is 31.8 Å². The molecule has 6 nitrogen and oxygen atoms in total. The first-order chi connectivity index (χ1) is 16.1. The number of para-hydroxylation sites is 1. The number of thiophene rings is 1. The Kier molecular flexibility index (Phi) is 5.16. The van der Waals surface area contributed by atoms with Crippen molar-refractivity contribution in [2.75, 3.05) is 0 Å². The van der Waals surface area contributed by atoms with Crippen LogP contribution < -0.4 is 11.1 Å². The summed E-state index contributed by atoms with van der Waals surface area (Å²) in [6.45, 7) is 0. The van der Waals surface area contributed by atoms with Crippen molar-refractivity contribution < 1.29 is 4.39 Å². The number of aromatic nitrogens is 4. The fraction of sp³-hybridized carbons (Fsp3) is 0.217. The third kappa shape index (κ3) is 3.53. The van der Waals surface area contributed by atoms with Gasteiger partial charge in [0.05, 0.1) is 16.8 Å². The van der Waals surface area contributed by atoms with Crippen LogP contribution in [0.15, 0.2) is 56.7 Å². The normalized spacial score (nSPS) is 13.6. The number of hydrogen-bond donors (Lipinski definition) is 0. The number of fused-ring (bicyclic) bond motifs is 4. The lowest BCUT2D eigenvalue weighted by molar-refractivity contribution is 0.608. The predicted octanol–water partition coefficient (Wildman–Crippen LogP) is 4.83. The van der Waals surface area contributed by atoms with Crippen LogP contribution in [0.3, 0.4) is 0 Å². The van der Waals surface area contributed by atoms with Gasteiger partial charge in [0.1, 0.15) is 10.6 Å². The second-order valence-electron chi connectivity index (χ2n) is 7.81. The van der Waals surface area contributed by atoms with Gasteiger partial charge in [0.15, 0.2) is 10.1 Å². The molecular formula is C23H17FN4O2S3. The highest BCUT2D eigenvalue weighted by Gasteiger charge is 2.24. The minimum absolute atomic E-state index is 0.155. The maximum absolute atomic E-state index is 14.8. The molecule has 4 heterocycles. The van der Waals surface area contributed by atoms with Crippen LogP contribution in [0.1, 0.15) is 29.0 Å². The van der Waals surface area contributed by atoms with Gasteiger partial charge in [-0.3, -0.25) is 18.6 Å². The second-order valence-corrected chi connectivity index (χ2v) is 10.7. The van der Waals surface area contributed by atoms with E-state index in [0.717, 1.165) is 31.2 Å². The molecule has 0 radical (unpaired) electrons. The van der Waals surface area contributed by atoms with Crippen molar-refractivity contribution in [1.29, 1.82) is 0 Å². The number of halogens is 1. The van der Waals surface area contributed by atoms with Gasteiger partial charge in [-0.1, -0.05) is 23.9 Å². The Morgan fingerprint density at radius 3 is 2.85 bits per heavy atom. The first kappa shape index (κ1) is 20.8. The molecule has 0 saturated carbocycles. The van der Waals surface area contributed by atoms with Crippen molar-refractivity contribution in [2.24, 2.45) is 0 Å². The van der Waals surface area contributed by atoms with Crippen LogP contribution in [0.5, 0.6) is 0 Å². The Morgan fingerprint density at radius 1 is 1.12 bits per heavy atom. The number of rotatable bonds is 4. The van der Waals surface area contributed by atoms with Gasteiger partial charge in [-0.05, 0) is 43.4 Å². The summed E-state index contributed by atoms with van der Waals surface area (Å²) in [4.78, 5) is 37.9. The maximum atomic E-state index is 14.8. The van der Waals surface area contributed by atoms with Gasteiger partial charge in [0.25, 0.3) is 11.1 Å². The molecule has 0 saturated heterocycles. The van der Waals surface area contributed by atoms with Crippen LogP contribution in [0.2, 0.25) is 0 Å². The molecule has 6 rings (SSSR count). The molecule has 0 atom stereocenters. The summed E-state index contributed by atoms with van der Waals surface area (Å²) in [6, 6.07) is 7.73. The van der Waals surface area contributed by atoms with Gasteiger partial charge in [-0.15, -0.1) is 22.7 Å². The largest absolute Gasteiger partial charge is 0.269 e. The molecule has 1 aliphatic carbocycles. The summed E-state index contributed by atoms with van der Waals surface area (Å²) < 4.78 is 17.7. The Hall–Kier alpha value is -2.82. The number of aryl methyl sites for hydroxylation is 2. The average molecular weight is 497 g/mol. The van der Waals surface area contributed by atoms with Crippen molar-refractivity contribution >= 4 is 49.6 Å². The Labute approximate surface area is 199 Å². The molecule has 5 aromatic rings. The lowest BCUT2D eigenvalue weighted by Crippen LogP contribution is -2.23. The van der Waals surface area contributed by atoms with Crippen molar-refractivity contribution in [1.82, 2.24) is 18.9 Å². The number of benzene rings is 1. The molecule has 0 bridgehead atoms. The summed E-state index contributed by atoms with van der Waals surface area (Å²) in [6.07, 6.45) is 5.64. The molecule has 33 heavy (non-hydrogen) atoms. The molecule has 0 unspecified atom stereocenters. The predicted molar refractivity (Wildman–Crippen MR) is 131 cm³/mol. The van der Waals surface area contributed by atoms with Crippen molar-refractivity contribution in [3.8, 4) is 5.69 Å². The molecule has 0 aliphatic heterocycles. The SMILES string of the molecule is O=c1c2c3c(sc2nc(SCc2cc(=O)n4ccsc4n2)n1-c1ccccc1F)CCCC3. The first-order valence-corrected chi connectivity index (χ1v) is 13.2. The third-order valence-electron chi connectivity index (χ3n) is 5.76. The van der Waals surface area contributed by atoms with Crippen LogP contribution in [0.4, 0.5) is 4.39 Å². The lowest BCUT2D eigenvalue weighted by Gasteiger charge is -2.14. The Bertz CT molecular complexity index is 1650. The topological polar surface area (TPSA) is 69.3 Å². The van der Waals surface area contributed by atoms with Gasteiger partial charge in [-0.2, -0.15) is 0 Å². The van der Waals surface area contributed by atoms with E-state index >= 15 is 0 Å². The van der Waals surface area contributed by atoms with Crippen LogP contribution >= 0.6 is 34.4 Å². The summed E-state index contributed by atoms with van der Waals surface area (Å²) in [5, 5.41) is 2.81. The minimum atomic E-state index is -0.483. The van der Waals surface area contributed by atoms with Crippen LogP contribution in [-0.2, 0) is 18.6 Å². The van der Waals surface area contributed by atoms with Crippen LogP contribution in [-0.4, -0.2) is 18.9 Å². The summed E-state index contributed by atoms with van der Waals surface area (Å²) in [5.41, 5.74) is 1.44. The van der Waals surface area contributed by atoms with Gasteiger partial charge >= 0.3 is 0 Å². The summed E-state index contributed by atoms with van der Waals surface area (Å²) in [5.74, 6) is -0.149. The van der Waals surface area contributed by atoms with Crippen molar-refractivity contribution in [2.45, 2.75) is 36.6 Å². The smallest absolute Gasteiger partial charge is 0.267 e. The number of thioether (sulfide) groups is 1. The summed E-state index contributed by atoms with van der Waals surface area (Å²) >= 11 is 4.23. The molecule has 166 valence electrons. The van der Waals surface area contributed by atoms with E-state index in [2.05, 4.69) is 4.98 Å². The molecule has 1 aliphatic rings. The van der Waals surface area contributed by atoms with Crippen molar-refractivity contribution in [3.05, 3.63) is 84.6 Å². The third-order valence-corrected chi connectivity index (χ3v) is 8.67. The highest BCUT2D eigenvalue weighted by Crippen LogP contribution is 2.35. The highest BCUT2D eigenvalue weighted by molar-refractivity contribution is 7.98. The number of hydrogen-bond acceptors (Lipinski definition) is 7. The first-order valence-electron chi connectivity index (χ1n) is 10.5. The van der Waals surface area contributed by atoms with E-state index in [1.54, 1.807) is 35.7 Å². The van der Waals surface area contributed by atoms with Gasteiger partial charge in [0, 0.05) is 28.3 Å². The standard InChI is InChI=1S/C23H17FN4O2S3/c24-15-6-2-3-7-16(15)28-21(30)19-14-5-1-4-8-17(14)33-20(19)26-23(28)32-12-13-11-18(29)27-9-10-31-22(27)25-13/h2-3,6-7,9-11H,1,4-5,8,12H2. The van der Waals surface area contributed by atoms with Gasteiger partial charge in [0.2, 0.25) is 0 Å². The van der Waals surface area contributed by atoms with E-state index in [1.165, 1.54) is 49.1 Å². The summed E-state index contributed by atoms with van der Waals surface area (Å²) in [7, 11) is 0. The minimum Gasteiger partial charge on any atom is -0.269 e. The van der Waals surface area contributed by atoms with E-state index in [1.807, 2.05) is 5.38 Å². The van der Waals surface area contributed by atoms with Crippen molar-refractivity contribution in [3.63, 3.8) is 0 Å². The van der Waals surface area contributed by atoms with Crippen LogP contribution in [0, 0.1) is 5.82 Å². The van der Waals surface area contributed by atoms with E-state index in [4.69, 9.17) is 4.98 Å².